The van der Waals surface area contributed by atoms with E-state index in [1.54, 1.807) is 30.3 Å². The fourth-order valence-electron chi connectivity index (χ4n) is 2.30. The van der Waals surface area contributed by atoms with Crippen LogP contribution in [0.2, 0.25) is 15.1 Å². The summed E-state index contributed by atoms with van der Waals surface area (Å²) < 4.78 is 0. The van der Waals surface area contributed by atoms with Crippen molar-refractivity contribution in [3.8, 4) is 0 Å². The molecule has 3 aromatic carbocycles. The highest BCUT2D eigenvalue weighted by Crippen LogP contribution is 2.29. The molecule has 0 aliphatic carbocycles. The molecule has 21 heavy (non-hydrogen) atoms. The van der Waals surface area contributed by atoms with Crippen molar-refractivity contribution in [1.29, 1.82) is 0 Å². The fraction of sp³-hybridized carbons (Fsp3) is 0. The highest BCUT2D eigenvalue weighted by Gasteiger charge is 2.15. The SMILES string of the molecule is O=C(c1cc(Cl)cc(Cl)c1)c1ccc(Cl)c2ccccc12. The Balaban J connectivity index is 2.20. The molecule has 0 fully saturated rings. The van der Waals surface area contributed by atoms with Crippen molar-refractivity contribution in [2.75, 3.05) is 0 Å². The van der Waals surface area contributed by atoms with Gasteiger partial charge >= 0.3 is 0 Å². The number of hydrogen-bond acceptors (Lipinski definition) is 1. The van der Waals surface area contributed by atoms with Gasteiger partial charge in [0.2, 0.25) is 0 Å². The molecular formula is C17H9Cl3O. The highest BCUT2D eigenvalue weighted by atomic mass is 35.5. The van der Waals surface area contributed by atoms with Crippen molar-refractivity contribution in [3.63, 3.8) is 0 Å². The van der Waals surface area contributed by atoms with Crippen LogP contribution < -0.4 is 0 Å². The van der Waals surface area contributed by atoms with Crippen LogP contribution in [-0.4, -0.2) is 5.78 Å². The summed E-state index contributed by atoms with van der Waals surface area (Å²) in [5.74, 6) is -0.132. The van der Waals surface area contributed by atoms with Crippen LogP contribution in [0.4, 0.5) is 0 Å². The van der Waals surface area contributed by atoms with Crippen molar-refractivity contribution < 1.29 is 4.79 Å². The smallest absolute Gasteiger partial charge is 0.193 e. The van der Waals surface area contributed by atoms with E-state index in [0.29, 0.717) is 26.2 Å². The van der Waals surface area contributed by atoms with Gasteiger partial charge in [-0.25, -0.2) is 0 Å². The minimum Gasteiger partial charge on any atom is -0.289 e. The first-order chi connectivity index (χ1) is 10.1. The number of carbonyl (C=O) groups is 1. The molecule has 0 spiro atoms. The molecule has 104 valence electrons. The molecule has 0 heterocycles. The molecule has 4 heteroatoms. The number of ketones is 1. The lowest BCUT2D eigenvalue weighted by Gasteiger charge is -2.08. The monoisotopic (exact) mass is 334 g/mol. The molecule has 0 unspecified atom stereocenters. The molecule has 3 aromatic rings. The van der Waals surface area contributed by atoms with Gasteiger partial charge in [-0.1, -0.05) is 59.1 Å². The van der Waals surface area contributed by atoms with Gasteiger partial charge in [0.25, 0.3) is 0 Å². The lowest BCUT2D eigenvalue weighted by atomic mass is 9.97. The van der Waals surface area contributed by atoms with Crippen LogP contribution in [0.3, 0.4) is 0 Å². The van der Waals surface area contributed by atoms with E-state index in [1.807, 2.05) is 24.3 Å². The van der Waals surface area contributed by atoms with Crippen LogP contribution >= 0.6 is 34.8 Å². The van der Waals surface area contributed by atoms with Crippen molar-refractivity contribution in [1.82, 2.24) is 0 Å². The zero-order valence-electron chi connectivity index (χ0n) is 10.7. The van der Waals surface area contributed by atoms with Crippen molar-refractivity contribution in [2.24, 2.45) is 0 Å². The maximum Gasteiger partial charge on any atom is 0.193 e. The van der Waals surface area contributed by atoms with Gasteiger partial charge in [0.1, 0.15) is 0 Å². The van der Waals surface area contributed by atoms with E-state index in [-0.39, 0.29) is 5.78 Å². The van der Waals surface area contributed by atoms with Crippen LogP contribution in [0, 0.1) is 0 Å². The third-order valence-electron chi connectivity index (χ3n) is 3.24. The second-order valence-electron chi connectivity index (χ2n) is 4.63. The zero-order valence-corrected chi connectivity index (χ0v) is 13.0. The summed E-state index contributed by atoms with van der Waals surface area (Å²) in [6.45, 7) is 0. The summed E-state index contributed by atoms with van der Waals surface area (Å²) >= 11 is 18.1. The number of carbonyl (C=O) groups excluding carboxylic acids is 1. The van der Waals surface area contributed by atoms with Gasteiger partial charge in [0, 0.05) is 31.6 Å². The summed E-state index contributed by atoms with van der Waals surface area (Å²) in [6, 6.07) is 15.8. The Morgan fingerprint density at radius 1 is 0.762 bits per heavy atom. The fourth-order valence-corrected chi connectivity index (χ4v) is 3.05. The predicted octanol–water partition coefficient (Wildman–Crippen LogP) is 6.03. The van der Waals surface area contributed by atoms with Crippen LogP contribution in [0.1, 0.15) is 15.9 Å². The summed E-state index contributed by atoms with van der Waals surface area (Å²) in [6.07, 6.45) is 0. The topological polar surface area (TPSA) is 17.1 Å². The molecule has 0 bridgehead atoms. The van der Waals surface area contributed by atoms with E-state index in [0.717, 1.165) is 10.8 Å². The van der Waals surface area contributed by atoms with Crippen molar-refractivity contribution >= 4 is 51.4 Å². The number of hydrogen-bond donors (Lipinski definition) is 0. The first-order valence-electron chi connectivity index (χ1n) is 6.24. The predicted molar refractivity (Wildman–Crippen MR) is 88.9 cm³/mol. The third kappa shape index (κ3) is 2.77. The zero-order chi connectivity index (χ0) is 15.0. The summed E-state index contributed by atoms with van der Waals surface area (Å²) in [5, 5.41) is 3.14. The summed E-state index contributed by atoms with van der Waals surface area (Å²) in [4.78, 5) is 12.7. The normalized spacial score (nSPS) is 10.8. The Morgan fingerprint density at radius 2 is 1.38 bits per heavy atom. The maximum atomic E-state index is 12.7. The molecular weight excluding hydrogens is 327 g/mol. The van der Waals surface area contributed by atoms with Gasteiger partial charge in [-0.05, 0) is 35.7 Å². The minimum absolute atomic E-state index is 0.132. The third-order valence-corrected chi connectivity index (χ3v) is 4.01. The van der Waals surface area contributed by atoms with Crippen LogP contribution in [-0.2, 0) is 0 Å². The molecule has 0 N–H and O–H groups in total. The highest BCUT2D eigenvalue weighted by molar-refractivity contribution is 6.37. The summed E-state index contributed by atoms with van der Waals surface area (Å²) in [5.41, 5.74) is 1.04. The van der Waals surface area contributed by atoms with Gasteiger partial charge in [0.05, 0.1) is 0 Å². The first kappa shape index (κ1) is 14.4. The minimum atomic E-state index is -0.132. The second kappa shape index (κ2) is 5.69. The Hall–Kier alpha value is -1.54. The van der Waals surface area contributed by atoms with Gasteiger partial charge in [-0.15, -0.1) is 0 Å². The van der Waals surface area contributed by atoms with E-state index in [2.05, 4.69) is 0 Å². The van der Waals surface area contributed by atoms with Gasteiger partial charge in [-0.2, -0.15) is 0 Å². The van der Waals surface area contributed by atoms with Crippen LogP contribution in [0.25, 0.3) is 10.8 Å². The number of benzene rings is 3. The molecule has 0 aliphatic heterocycles. The molecule has 0 saturated carbocycles. The Labute approximate surface area is 137 Å². The van der Waals surface area contributed by atoms with E-state index in [9.17, 15) is 4.79 Å². The number of rotatable bonds is 2. The van der Waals surface area contributed by atoms with Crippen molar-refractivity contribution in [3.05, 3.63) is 80.8 Å². The van der Waals surface area contributed by atoms with Crippen LogP contribution in [0.15, 0.2) is 54.6 Å². The second-order valence-corrected chi connectivity index (χ2v) is 5.91. The van der Waals surface area contributed by atoms with Gasteiger partial charge in [-0.3, -0.25) is 4.79 Å². The summed E-state index contributed by atoms with van der Waals surface area (Å²) in [7, 11) is 0. The molecule has 0 aromatic heterocycles. The van der Waals surface area contributed by atoms with E-state index in [4.69, 9.17) is 34.8 Å². The van der Waals surface area contributed by atoms with Gasteiger partial charge in [0.15, 0.2) is 5.78 Å². The first-order valence-corrected chi connectivity index (χ1v) is 7.38. The average Bonchev–Trinajstić information content (AvgIpc) is 2.46. The molecule has 0 atom stereocenters. The quantitative estimate of drug-likeness (QED) is 0.522. The Kier molecular flexibility index (Phi) is 3.90. The number of fused-ring (bicyclic) bond motifs is 1. The van der Waals surface area contributed by atoms with E-state index >= 15 is 0 Å². The maximum absolute atomic E-state index is 12.7. The van der Waals surface area contributed by atoms with Crippen LogP contribution in [0.5, 0.6) is 0 Å². The largest absolute Gasteiger partial charge is 0.289 e. The molecule has 0 saturated heterocycles. The number of halogens is 3. The van der Waals surface area contributed by atoms with E-state index < -0.39 is 0 Å². The molecule has 0 aliphatic rings. The molecule has 0 radical (unpaired) electrons. The molecule has 3 rings (SSSR count). The van der Waals surface area contributed by atoms with Gasteiger partial charge < -0.3 is 0 Å². The van der Waals surface area contributed by atoms with E-state index in [1.165, 1.54) is 0 Å². The lowest BCUT2D eigenvalue weighted by Crippen LogP contribution is -2.02. The Morgan fingerprint density at radius 3 is 2.05 bits per heavy atom. The standard InChI is InChI=1S/C17H9Cl3O/c18-11-7-10(8-12(19)9-11)17(21)15-5-6-16(20)14-4-2-1-3-13(14)15/h1-9H. The lowest BCUT2D eigenvalue weighted by molar-refractivity contribution is 0.104. The molecule has 0 amide bonds. The van der Waals surface area contributed by atoms with Crippen molar-refractivity contribution in [2.45, 2.75) is 0 Å². The average molecular weight is 336 g/mol. The molecule has 1 nitrogen and oxygen atoms in total. The Bertz CT molecular complexity index is 836.